The highest BCUT2D eigenvalue weighted by Gasteiger charge is 2.13. The molecule has 1 fully saturated rings. The van der Waals surface area contributed by atoms with Crippen molar-refractivity contribution in [2.45, 2.75) is 6.92 Å². The van der Waals surface area contributed by atoms with Crippen molar-refractivity contribution in [2.24, 2.45) is 0 Å². The van der Waals surface area contributed by atoms with Crippen LogP contribution in [0.25, 0.3) is 11.3 Å². The van der Waals surface area contributed by atoms with Gasteiger partial charge in [0.05, 0.1) is 0 Å². The minimum Gasteiger partial charge on any atom is -0.461 e. The third-order valence-corrected chi connectivity index (χ3v) is 3.31. The van der Waals surface area contributed by atoms with Crippen molar-refractivity contribution in [1.82, 2.24) is 10.3 Å². The predicted octanol–water partition coefficient (Wildman–Crippen LogP) is 1.35. The molecule has 0 radical (unpaired) electrons. The summed E-state index contributed by atoms with van der Waals surface area (Å²) in [6, 6.07) is 7.35. The van der Waals surface area contributed by atoms with E-state index in [0.717, 1.165) is 49.1 Å². The molecule has 0 amide bonds. The van der Waals surface area contributed by atoms with Crippen molar-refractivity contribution in [3.63, 3.8) is 0 Å². The number of aromatic amines is 1. The van der Waals surface area contributed by atoms with E-state index in [9.17, 15) is 4.79 Å². The van der Waals surface area contributed by atoms with E-state index in [1.165, 1.54) is 0 Å². The van der Waals surface area contributed by atoms with Gasteiger partial charge in [-0.25, -0.2) is 0 Å². The molecule has 100 valence electrons. The van der Waals surface area contributed by atoms with Crippen molar-refractivity contribution in [1.29, 1.82) is 0 Å². The fourth-order valence-corrected chi connectivity index (χ4v) is 2.34. The number of aromatic nitrogens is 1. The molecule has 1 saturated heterocycles. The molecule has 2 aromatic rings. The van der Waals surface area contributed by atoms with Gasteiger partial charge < -0.3 is 19.6 Å². The zero-order valence-electron chi connectivity index (χ0n) is 10.9. The number of piperazine rings is 1. The van der Waals surface area contributed by atoms with Gasteiger partial charge in [0.1, 0.15) is 17.3 Å². The second-order valence-electron chi connectivity index (χ2n) is 4.77. The van der Waals surface area contributed by atoms with Gasteiger partial charge in [-0.15, -0.1) is 0 Å². The Hall–Kier alpha value is -2.01. The number of furan rings is 1. The average molecular weight is 259 g/mol. The molecule has 0 aliphatic carbocycles. The van der Waals surface area contributed by atoms with E-state index in [4.69, 9.17) is 4.42 Å². The van der Waals surface area contributed by atoms with Crippen LogP contribution in [0.2, 0.25) is 0 Å². The first kappa shape index (κ1) is 12.0. The van der Waals surface area contributed by atoms with E-state index in [-0.39, 0.29) is 5.56 Å². The van der Waals surface area contributed by atoms with Crippen LogP contribution in [-0.2, 0) is 0 Å². The maximum Gasteiger partial charge on any atom is 0.250 e. The van der Waals surface area contributed by atoms with Gasteiger partial charge in [0.2, 0.25) is 5.56 Å². The van der Waals surface area contributed by atoms with E-state index >= 15 is 0 Å². The summed E-state index contributed by atoms with van der Waals surface area (Å²) in [5, 5.41) is 3.30. The normalized spacial score (nSPS) is 15.7. The molecular formula is C14H17N3O2. The summed E-state index contributed by atoms with van der Waals surface area (Å²) in [7, 11) is 0. The van der Waals surface area contributed by atoms with Crippen LogP contribution in [0.15, 0.2) is 33.5 Å². The number of hydrogen-bond acceptors (Lipinski definition) is 4. The van der Waals surface area contributed by atoms with Gasteiger partial charge in [-0.05, 0) is 25.1 Å². The van der Waals surface area contributed by atoms with Gasteiger partial charge in [-0.3, -0.25) is 4.79 Å². The second-order valence-corrected chi connectivity index (χ2v) is 4.77. The summed E-state index contributed by atoms with van der Waals surface area (Å²) in [5.41, 5.74) is 0.727. The zero-order valence-corrected chi connectivity index (χ0v) is 10.9. The molecular weight excluding hydrogens is 242 g/mol. The van der Waals surface area contributed by atoms with Crippen molar-refractivity contribution < 1.29 is 4.42 Å². The molecule has 0 saturated carbocycles. The van der Waals surface area contributed by atoms with E-state index in [1.807, 2.05) is 25.1 Å². The molecule has 0 unspecified atom stereocenters. The quantitative estimate of drug-likeness (QED) is 0.854. The third kappa shape index (κ3) is 2.56. The average Bonchev–Trinajstić information content (AvgIpc) is 2.86. The number of rotatable bonds is 2. The smallest absolute Gasteiger partial charge is 0.250 e. The molecule has 3 heterocycles. The molecule has 1 aliphatic rings. The molecule has 0 spiro atoms. The van der Waals surface area contributed by atoms with Crippen LogP contribution >= 0.6 is 0 Å². The Morgan fingerprint density at radius 3 is 2.68 bits per heavy atom. The van der Waals surface area contributed by atoms with E-state index in [1.54, 1.807) is 6.07 Å². The monoisotopic (exact) mass is 259 g/mol. The molecule has 5 nitrogen and oxygen atoms in total. The Balaban J connectivity index is 1.98. The molecule has 0 bridgehead atoms. The maximum absolute atomic E-state index is 11.8. The first-order chi connectivity index (χ1) is 9.22. The lowest BCUT2D eigenvalue weighted by Gasteiger charge is -2.28. The molecule has 19 heavy (non-hydrogen) atoms. The highest BCUT2D eigenvalue weighted by molar-refractivity contribution is 5.62. The van der Waals surface area contributed by atoms with Crippen molar-refractivity contribution >= 4 is 5.82 Å². The number of nitrogens with zero attached hydrogens (tertiary/aromatic N) is 1. The largest absolute Gasteiger partial charge is 0.461 e. The molecule has 1 aliphatic heterocycles. The van der Waals surface area contributed by atoms with Crippen molar-refractivity contribution in [3.05, 3.63) is 40.4 Å². The zero-order chi connectivity index (χ0) is 13.2. The Kier molecular flexibility index (Phi) is 3.13. The minimum absolute atomic E-state index is 0.0971. The summed E-state index contributed by atoms with van der Waals surface area (Å²) in [4.78, 5) is 16.9. The molecule has 3 rings (SSSR count). The van der Waals surface area contributed by atoms with Gasteiger partial charge in [-0.2, -0.15) is 0 Å². The number of pyridine rings is 1. The third-order valence-electron chi connectivity index (χ3n) is 3.31. The maximum atomic E-state index is 11.8. The number of anilines is 1. The standard InChI is InChI=1S/C14H17N3O2/c1-10-2-3-12(19-10)11-8-13(16-14(18)9-11)17-6-4-15-5-7-17/h2-3,8-9,15H,4-7H2,1H3,(H,16,18). The minimum atomic E-state index is -0.0971. The molecule has 2 aromatic heterocycles. The summed E-state index contributed by atoms with van der Waals surface area (Å²) >= 11 is 0. The van der Waals surface area contributed by atoms with Crippen LogP contribution in [0.5, 0.6) is 0 Å². The highest BCUT2D eigenvalue weighted by Crippen LogP contribution is 2.23. The van der Waals surface area contributed by atoms with Crippen LogP contribution in [0.1, 0.15) is 5.76 Å². The van der Waals surface area contributed by atoms with Crippen LogP contribution in [0.4, 0.5) is 5.82 Å². The lowest BCUT2D eigenvalue weighted by Crippen LogP contribution is -2.44. The van der Waals surface area contributed by atoms with Crippen molar-refractivity contribution in [3.8, 4) is 11.3 Å². The lowest BCUT2D eigenvalue weighted by molar-refractivity contribution is 0.548. The highest BCUT2D eigenvalue weighted by atomic mass is 16.3. The summed E-state index contributed by atoms with van der Waals surface area (Å²) in [6.45, 7) is 5.57. The lowest BCUT2D eigenvalue weighted by atomic mass is 10.2. The summed E-state index contributed by atoms with van der Waals surface area (Å²) < 4.78 is 5.58. The SMILES string of the molecule is Cc1ccc(-c2cc(N3CCNCC3)[nH]c(=O)c2)o1. The Morgan fingerprint density at radius 1 is 1.21 bits per heavy atom. The predicted molar refractivity (Wildman–Crippen MR) is 74.6 cm³/mol. The molecule has 5 heteroatoms. The number of H-pyrrole nitrogens is 1. The second kappa shape index (κ2) is 4.93. The summed E-state index contributed by atoms with van der Waals surface area (Å²) in [5.74, 6) is 2.44. The number of hydrogen-bond donors (Lipinski definition) is 2. The van der Waals surface area contributed by atoms with Gasteiger partial charge in [-0.1, -0.05) is 0 Å². The van der Waals surface area contributed by atoms with Crippen LogP contribution in [0.3, 0.4) is 0 Å². The van der Waals surface area contributed by atoms with Gasteiger partial charge in [0, 0.05) is 37.8 Å². The number of aryl methyl sites for hydroxylation is 1. The van der Waals surface area contributed by atoms with E-state index in [2.05, 4.69) is 15.2 Å². The van der Waals surface area contributed by atoms with Crippen LogP contribution in [0, 0.1) is 6.92 Å². The van der Waals surface area contributed by atoms with Gasteiger partial charge in [0.25, 0.3) is 0 Å². The Labute approximate surface area is 111 Å². The molecule has 2 N–H and O–H groups in total. The fraction of sp³-hybridized carbons (Fsp3) is 0.357. The summed E-state index contributed by atoms with van der Waals surface area (Å²) in [6.07, 6.45) is 0. The van der Waals surface area contributed by atoms with Gasteiger partial charge in [0.15, 0.2) is 0 Å². The van der Waals surface area contributed by atoms with Crippen LogP contribution < -0.4 is 15.8 Å². The first-order valence-corrected chi connectivity index (χ1v) is 6.49. The number of nitrogens with one attached hydrogen (secondary N) is 2. The van der Waals surface area contributed by atoms with E-state index < -0.39 is 0 Å². The van der Waals surface area contributed by atoms with Crippen LogP contribution in [-0.4, -0.2) is 31.2 Å². The van der Waals surface area contributed by atoms with Gasteiger partial charge >= 0.3 is 0 Å². The Morgan fingerprint density at radius 2 is 2.00 bits per heavy atom. The fourth-order valence-electron chi connectivity index (χ4n) is 2.34. The first-order valence-electron chi connectivity index (χ1n) is 6.49. The van der Waals surface area contributed by atoms with E-state index in [0.29, 0.717) is 0 Å². The van der Waals surface area contributed by atoms with Crippen molar-refractivity contribution in [2.75, 3.05) is 31.1 Å². The molecule has 0 atom stereocenters. The topological polar surface area (TPSA) is 61.3 Å². The Bertz CT molecular complexity index is 624. The molecule has 0 aromatic carbocycles.